The molecule has 1 atom stereocenters. The van der Waals surface area contributed by atoms with Gasteiger partial charge < -0.3 is 5.73 Å². The number of aryl methyl sites for hydroxylation is 1. The van der Waals surface area contributed by atoms with Crippen LogP contribution < -0.4 is 5.73 Å². The first kappa shape index (κ1) is 13.3. The molecule has 1 aromatic heterocycles. The number of nitrogens with zero attached hydrogens (tertiary/aromatic N) is 2. The van der Waals surface area contributed by atoms with Crippen molar-refractivity contribution in [3.63, 3.8) is 0 Å². The van der Waals surface area contributed by atoms with Crippen molar-refractivity contribution in [3.05, 3.63) is 45.7 Å². The molecule has 0 amide bonds. The van der Waals surface area contributed by atoms with Gasteiger partial charge in [-0.1, -0.05) is 28.9 Å². The van der Waals surface area contributed by atoms with Crippen molar-refractivity contribution in [2.24, 2.45) is 5.73 Å². The third-order valence-corrected chi connectivity index (χ3v) is 3.74. The van der Waals surface area contributed by atoms with E-state index in [0.717, 1.165) is 15.9 Å². The van der Waals surface area contributed by atoms with Gasteiger partial charge in [0.05, 0.1) is 11.4 Å². The minimum absolute atomic E-state index is 0.339. The maximum absolute atomic E-state index is 5.77. The molecule has 0 saturated heterocycles. The molecule has 3 nitrogen and oxygen atoms in total. The van der Waals surface area contributed by atoms with Crippen LogP contribution in [0.1, 0.15) is 29.8 Å². The minimum atomic E-state index is 0.339. The average Bonchev–Trinajstić information content (AvgIpc) is 2.64. The molecule has 0 radical (unpaired) electrons. The van der Waals surface area contributed by atoms with Crippen LogP contribution in [0.3, 0.4) is 0 Å². The second kappa shape index (κ2) is 5.24. The molecule has 0 fully saturated rings. The lowest BCUT2D eigenvalue weighted by Gasteiger charge is -2.10. The van der Waals surface area contributed by atoms with Crippen molar-refractivity contribution < 1.29 is 0 Å². The second-order valence-corrected chi connectivity index (χ2v) is 5.53. The molecule has 0 aliphatic rings. The van der Waals surface area contributed by atoms with Crippen LogP contribution in [0.4, 0.5) is 0 Å². The molecule has 2 aromatic rings. The molecule has 0 aliphatic carbocycles. The maximum Gasteiger partial charge on any atom is 0.0660 e. The Hall–Kier alpha value is -1.13. The fraction of sp³-hybridized carbons (Fsp3) is 0.357. The molecule has 96 valence electrons. The third-order valence-electron chi connectivity index (χ3n) is 3.25. The van der Waals surface area contributed by atoms with E-state index in [-0.39, 0.29) is 0 Å². The molecule has 0 bridgehead atoms. The summed E-state index contributed by atoms with van der Waals surface area (Å²) in [6, 6.07) is 8.15. The third kappa shape index (κ3) is 2.35. The Kier molecular flexibility index (Phi) is 3.88. The standard InChI is InChI=1S/C14H18BrN3/c1-9(8-16)14-10(2)17-18(11(14)3)13-6-4-5-12(15)7-13/h4-7,9H,8,16H2,1-3H3. The van der Waals surface area contributed by atoms with Crippen molar-refractivity contribution in [2.45, 2.75) is 26.7 Å². The van der Waals surface area contributed by atoms with Crippen LogP contribution in [0.2, 0.25) is 0 Å². The van der Waals surface area contributed by atoms with Gasteiger partial charge in [0.2, 0.25) is 0 Å². The van der Waals surface area contributed by atoms with E-state index < -0.39 is 0 Å². The van der Waals surface area contributed by atoms with Gasteiger partial charge in [-0.05, 0) is 44.5 Å². The van der Waals surface area contributed by atoms with Gasteiger partial charge in [-0.2, -0.15) is 5.10 Å². The lowest BCUT2D eigenvalue weighted by Crippen LogP contribution is -2.10. The summed E-state index contributed by atoms with van der Waals surface area (Å²) in [5, 5.41) is 4.63. The lowest BCUT2D eigenvalue weighted by molar-refractivity contribution is 0.759. The summed E-state index contributed by atoms with van der Waals surface area (Å²) in [6.07, 6.45) is 0. The number of rotatable bonds is 3. The Morgan fingerprint density at radius 3 is 2.72 bits per heavy atom. The average molecular weight is 308 g/mol. The first-order valence-corrected chi connectivity index (χ1v) is 6.86. The SMILES string of the molecule is Cc1nn(-c2cccc(Br)c2)c(C)c1C(C)CN. The largest absolute Gasteiger partial charge is 0.330 e. The first-order valence-electron chi connectivity index (χ1n) is 6.06. The molecule has 0 spiro atoms. The summed E-state index contributed by atoms with van der Waals surface area (Å²) < 4.78 is 3.04. The highest BCUT2D eigenvalue weighted by atomic mass is 79.9. The second-order valence-electron chi connectivity index (χ2n) is 4.61. The highest BCUT2D eigenvalue weighted by Crippen LogP contribution is 2.25. The van der Waals surface area contributed by atoms with Crippen LogP contribution in [0, 0.1) is 13.8 Å². The summed E-state index contributed by atoms with van der Waals surface area (Å²) in [6.45, 7) is 6.93. The van der Waals surface area contributed by atoms with Gasteiger partial charge in [0.25, 0.3) is 0 Å². The molecule has 2 rings (SSSR count). The highest BCUT2D eigenvalue weighted by Gasteiger charge is 2.17. The molecular formula is C14H18BrN3. The Morgan fingerprint density at radius 1 is 1.39 bits per heavy atom. The predicted molar refractivity (Wildman–Crippen MR) is 78.2 cm³/mol. The summed E-state index contributed by atoms with van der Waals surface area (Å²) in [7, 11) is 0. The topological polar surface area (TPSA) is 43.8 Å². The van der Waals surface area contributed by atoms with Crippen LogP contribution in [-0.4, -0.2) is 16.3 Å². The summed E-state index contributed by atoms with van der Waals surface area (Å²) in [4.78, 5) is 0. The van der Waals surface area contributed by atoms with Gasteiger partial charge in [-0.25, -0.2) is 4.68 Å². The van der Waals surface area contributed by atoms with E-state index in [4.69, 9.17) is 5.73 Å². The zero-order valence-corrected chi connectivity index (χ0v) is 12.5. The van der Waals surface area contributed by atoms with E-state index in [1.54, 1.807) is 0 Å². The Morgan fingerprint density at radius 2 is 2.11 bits per heavy atom. The normalized spacial score (nSPS) is 12.7. The van der Waals surface area contributed by atoms with Gasteiger partial charge in [0.1, 0.15) is 0 Å². The number of hydrogen-bond acceptors (Lipinski definition) is 2. The van der Waals surface area contributed by atoms with E-state index >= 15 is 0 Å². The van der Waals surface area contributed by atoms with Crippen molar-refractivity contribution in [2.75, 3.05) is 6.54 Å². The first-order chi connectivity index (χ1) is 8.54. The smallest absolute Gasteiger partial charge is 0.0660 e. The van der Waals surface area contributed by atoms with Gasteiger partial charge in [-0.3, -0.25) is 0 Å². The van der Waals surface area contributed by atoms with Gasteiger partial charge in [-0.15, -0.1) is 0 Å². The fourth-order valence-electron chi connectivity index (χ4n) is 2.35. The Labute approximate surface area is 116 Å². The maximum atomic E-state index is 5.77. The van der Waals surface area contributed by atoms with Crippen LogP contribution >= 0.6 is 15.9 Å². The molecule has 18 heavy (non-hydrogen) atoms. The van der Waals surface area contributed by atoms with Crippen LogP contribution in [0.15, 0.2) is 28.7 Å². The van der Waals surface area contributed by atoms with Gasteiger partial charge in [0, 0.05) is 15.7 Å². The summed E-state index contributed by atoms with van der Waals surface area (Å²) in [5.41, 5.74) is 10.3. The quantitative estimate of drug-likeness (QED) is 0.945. The van der Waals surface area contributed by atoms with E-state index in [2.05, 4.69) is 47.0 Å². The molecule has 1 unspecified atom stereocenters. The van der Waals surface area contributed by atoms with Crippen molar-refractivity contribution in [1.29, 1.82) is 0 Å². The number of hydrogen-bond donors (Lipinski definition) is 1. The fourth-order valence-corrected chi connectivity index (χ4v) is 2.73. The molecule has 4 heteroatoms. The highest BCUT2D eigenvalue weighted by molar-refractivity contribution is 9.10. The number of halogens is 1. The number of aromatic nitrogens is 2. The number of nitrogens with two attached hydrogens (primary N) is 1. The Balaban J connectivity index is 2.54. The Bertz CT molecular complexity index is 560. The van der Waals surface area contributed by atoms with E-state index in [1.807, 2.05) is 23.7 Å². The van der Waals surface area contributed by atoms with Crippen LogP contribution in [-0.2, 0) is 0 Å². The minimum Gasteiger partial charge on any atom is -0.330 e. The summed E-state index contributed by atoms with van der Waals surface area (Å²) >= 11 is 3.49. The predicted octanol–water partition coefficient (Wildman–Crippen LogP) is 3.31. The van der Waals surface area contributed by atoms with E-state index in [9.17, 15) is 0 Å². The van der Waals surface area contributed by atoms with Crippen LogP contribution in [0.25, 0.3) is 5.69 Å². The zero-order valence-electron chi connectivity index (χ0n) is 10.9. The molecule has 1 aromatic carbocycles. The molecule has 0 saturated carbocycles. The summed E-state index contributed by atoms with van der Waals surface area (Å²) in [5.74, 6) is 0.339. The van der Waals surface area contributed by atoms with Crippen molar-refractivity contribution in [1.82, 2.24) is 9.78 Å². The zero-order chi connectivity index (χ0) is 13.3. The number of benzene rings is 1. The monoisotopic (exact) mass is 307 g/mol. The van der Waals surface area contributed by atoms with Crippen molar-refractivity contribution >= 4 is 15.9 Å². The van der Waals surface area contributed by atoms with E-state index in [1.165, 1.54) is 11.3 Å². The molecule has 1 heterocycles. The molecule has 0 aliphatic heterocycles. The van der Waals surface area contributed by atoms with E-state index in [0.29, 0.717) is 12.5 Å². The van der Waals surface area contributed by atoms with Gasteiger partial charge in [0.15, 0.2) is 0 Å². The lowest BCUT2D eigenvalue weighted by atomic mass is 9.99. The van der Waals surface area contributed by atoms with Crippen molar-refractivity contribution in [3.8, 4) is 5.69 Å². The molecular weight excluding hydrogens is 290 g/mol. The molecule has 2 N–H and O–H groups in total. The van der Waals surface area contributed by atoms with Gasteiger partial charge >= 0.3 is 0 Å². The van der Waals surface area contributed by atoms with Crippen LogP contribution in [0.5, 0.6) is 0 Å².